The van der Waals surface area contributed by atoms with E-state index in [9.17, 15) is 4.79 Å². The maximum Gasteiger partial charge on any atom is 0.338 e. The summed E-state index contributed by atoms with van der Waals surface area (Å²) in [6.07, 6.45) is 1.49. The van der Waals surface area contributed by atoms with Crippen molar-refractivity contribution >= 4 is 5.97 Å². The summed E-state index contributed by atoms with van der Waals surface area (Å²) in [6.45, 7) is 2.43. The predicted molar refractivity (Wildman–Crippen MR) is 73.3 cm³/mol. The van der Waals surface area contributed by atoms with Crippen molar-refractivity contribution in [1.29, 1.82) is 0 Å². The van der Waals surface area contributed by atoms with Gasteiger partial charge in [0.15, 0.2) is 11.5 Å². The first kappa shape index (κ1) is 13.9. The first-order valence-electron chi connectivity index (χ1n) is 6.18. The quantitative estimate of drug-likeness (QED) is 0.784. The van der Waals surface area contributed by atoms with Gasteiger partial charge in [-0.25, -0.2) is 9.78 Å². The number of hydrogen-bond donors (Lipinski definition) is 0. The normalized spacial score (nSPS) is 9.90. The lowest BCUT2D eigenvalue weighted by Crippen LogP contribution is -2.02. The van der Waals surface area contributed by atoms with Crippen molar-refractivity contribution in [2.75, 3.05) is 13.7 Å². The molecule has 0 N–H and O–H groups in total. The Morgan fingerprint density at radius 2 is 1.95 bits per heavy atom. The molecule has 20 heavy (non-hydrogen) atoms. The van der Waals surface area contributed by atoms with Crippen LogP contribution in [0.1, 0.15) is 17.3 Å². The fourth-order valence-electron chi connectivity index (χ4n) is 1.63. The van der Waals surface area contributed by atoms with Gasteiger partial charge in [-0.05, 0) is 25.1 Å². The number of para-hydroxylation sites is 2. The number of aromatic nitrogens is 1. The van der Waals surface area contributed by atoms with Gasteiger partial charge in [-0.1, -0.05) is 12.1 Å². The van der Waals surface area contributed by atoms with E-state index in [2.05, 4.69) is 9.72 Å². The molecule has 0 fully saturated rings. The van der Waals surface area contributed by atoms with Crippen LogP contribution < -0.4 is 9.47 Å². The van der Waals surface area contributed by atoms with Crippen LogP contribution in [0.25, 0.3) is 0 Å². The summed E-state index contributed by atoms with van der Waals surface area (Å²) < 4.78 is 15.8. The number of methoxy groups -OCH3 is 1. The minimum atomic E-state index is -0.435. The maximum atomic E-state index is 11.5. The van der Waals surface area contributed by atoms with Gasteiger partial charge in [-0.15, -0.1) is 0 Å². The summed E-state index contributed by atoms with van der Waals surface area (Å²) in [5.74, 6) is 1.04. The Kier molecular flexibility index (Phi) is 4.55. The Bertz CT molecular complexity index is 598. The first-order chi connectivity index (χ1) is 9.74. The van der Waals surface area contributed by atoms with Gasteiger partial charge in [0.2, 0.25) is 5.88 Å². The molecule has 0 radical (unpaired) electrons. The number of pyridine rings is 1. The van der Waals surface area contributed by atoms with Crippen LogP contribution in [-0.2, 0) is 4.74 Å². The maximum absolute atomic E-state index is 11.5. The summed E-state index contributed by atoms with van der Waals surface area (Å²) >= 11 is 0. The summed E-state index contributed by atoms with van der Waals surface area (Å²) in [4.78, 5) is 15.5. The van der Waals surface area contributed by atoms with Gasteiger partial charge >= 0.3 is 5.97 Å². The highest BCUT2D eigenvalue weighted by atomic mass is 16.5. The highest BCUT2D eigenvalue weighted by Gasteiger charge is 2.10. The van der Waals surface area contributed by atoms with E-state index in [1.807, 2.05) is 25.1 Å². The molecule has 5 nitrogen and oxygen atoms in total. The molecule has 0 saturated carbocycles. The van der Waals surface area contributed by atoms with Crippen molar-refractivity contribution in [2.45, 2.75) is 6.92 Å². The van der Waals surface area contributed by atoms with Crippen molar-refractivity contribution < 1.29 is 19.0 Å². The molecule has 0 unspecified atom stereocenters. The lowest BCUT2D eigenvalue weighted by Gasteiger charge is -2.10. The summed E-state index contributed by atoms with van der Waals surface area (Å²) in [5.41, 5.74) is 0.381. The SMILES string of the molecule is CCOc1ccccc1Oc1cc(C(=O)OC)ccn1. The Balaban J connectivity index is 2.24. The number of hydrogen-bond acceptors (Lipinski definition) is 5. The van der Waals surface area contributed by atoms with Crippen molar-refractivity contribution in [3.63, 3.8) is 0 Å². The number of ether oxygens (including phenoxy) is 3. The fourth-order valence-corrected chi connectivity index (χ4v) is 1.63. The molecule has 0 amide bonds. The van der Waals surface area contributed by atoms with E-state index in [1.54, 1.807) is 12.1 Å². The summed E-state index contributed by atoms with van der Waals surface area (Å²) in [5, 5.41) is 0. The van der Waals surface area contributed by atoms with Gasteiger partial charge in [0.25, 0.3) is 0 Å². The molecule has 1 heterocycles. The van der Waals surface area contributed by atoms with Crippen LogP contribution in [0, 0.1) is 0 Å². The monoisotopic (exact) mass is 273 g/mol. The number of carbonyl (C=O) groups is 1. The fraction of sp³-hybridized carbons (Fsp3) is 0.200. The molecule has 1 aromatic carbocycles. The molecule has 0 saturated heterocycles. The van der Waals surface area contributed by atoms with Crippen molar-refractivity contribution in [3.8, 4) is 17.4 Å². The summed E-state index contributed by atoms with van der Waals surface area (Å²) in [7, 11) is 1.33. The van der Waals surface area contributed by atoms with E-state index in [-0.39, 0.29) is 0 Å². The molecule has 2 rings (SSSR count). The topological polar surface area (TPSA) is 57.7 Å². The van der Waals surface area contributed by atoms with Crippen LogP contribution in [-0.4, -0.2) is 24.7 Å². The zero-order valence-corrected chi connectivity index (χ0v) is 11.3. The van der Waals surface area contributed by atoms with E-state index in [0.29, 0.717) is 29.5 Å². The molecular weight excluding hydrogens is 258 g/mol. The highest BCUT2D eigenvalue weighted by molar-refractivity contribution is 5.89. The molecule has 0 bridgehead atoms. The average molecular weight is 273 g/mol. The molecule has 0 aliphatic heterocycles. The predicted octanol–water partition coefficient (Wildman–Crippen LogP) is 3.06. The zero-order valence-electron chi connectivity index (χ0n) is 11.3. The molecular formula is C15H15NO4. The van der Waals surface area contributed by atoms with Crippen LogP contribution in [0.4, 0.5) is 0 Å². The number of rotatable bonds is 5. The molecule has 5 heteroatoms. The van der Waals surface area contributed by atoms with Gasteiger partial charge in [0.05, 0.1) is 19.3 Å². The van der Waals surface area contributed by atoms with Crippen LogP contribution in [0.3, 0.4) is 0 Å². The van der Waals surface area contributed by atoms with Crippen LogP contribution in [0.5, 0.6) is 17.4 Å². The van der Waals surface area contributed by atoms with E-state index < -0.39 is 5.97 Å². The Labute approximate surface area is 117 Å². The second kappa shape index (κ2) is 6.56. The van der Waals surface area contributed by atoms with Gasteiger partial charge in [-0.2, -0.15) is 0 Å². The molecule has 2 aromatic rings. The van der Waals surface area contributed by atoms with Gasteiger partial charge in [0.1, 0.15) is 0 Å². The lowest BCUT2D eigenvalue weighted by molar-refractivity contribution is 0.0600. The molecule has 1 aromatic heterocycles. The minimum absolute atomic E-state index is 0.306. The van der Waals surface area contributed by atoms with Crippen LogP contribution in [0.15, 0.2) is 42.6 Å². The van der Waals surface area contributed by atoms with Gasteiger partial charge < -0.3 is 14.2 Å². The Morgan fingerprint density at radius 3 is 2.65 bits per heavy atom. The van der Waals surface area contributed by atoms with Crippen molar-refractivity contribution in [3.05, 3.63) is 48.2 Å². The third-order valence-electron chi connectivity index (χ3n) is 2.52. The number of esters is 1. The largest absolute Gasteiger partial charge is 0.490 e. The van der Waals surface area contributed by atoms with Crippen LogP contribution in [0.2, 0.25) is 0 Å². The van der Waals surface area contributed by atoms with E-state index in [1.165, 1.54) is 19.4 Å². The zero-order chi connectivity index (χ0) is 14.4. The number of benzene rings is 1. The third kappa shape index (κ3) is 3.26. The van der Waals surface area contributed by atoms with Crippen molar-refractivity contribution in [1.82, 2.24) is 4.98 Å². The van der Waals surface area contributed by atoms with Crippen LogP contribution >= 0.6 is 0 Å². The van der Waals surface area contributed by atoms with Gasteiger partial charge in [-0.3, -0.25) is 0 Å². The highest BCUT2D eigenvalue weighted by Crippen LogP contribution is 2.30. The number of nitrogens with zero attached hydrogens (tertiary/aromatic N) is 1. The molecule has 0 aliphatic carbocycles. The van der Waals surface area contributed by atoms with E-state index in [4.69, 9.17) is 9.47 Å². The van der Waals surface area contributed by atoms with E-state index >= 15 is 0 Å². The average Bonchev–Trinajstić information content (AvgIpc) is 2.49. The molecule has 0 aliphatic rings. The second-order valence-corrected chi connectivity index (χ2v) is 3.86. The van der Waals surface area contributed by atoms with Crippen molar-refractivity contribution in [2.24, 2.45) is 0 Å². The lowest BCUT2D eigenvalue weighted by atomic mass is 10.2. The summed E-state index contributed by atoms with van der Waals surface area (Å²) in [6, 6.07) is 10.4. The molecule has 0 spiro atoms. The molecule has 104 valence electrons. The first-order valence-corrected chi connectivity index (χ1v) is 6.18. The Hall–Kier alpha value is -2.56. The second-order valence-electron chi connectivity index (χ2n) is 3.86. The third-order valence-corrected chi connectivity index (χ3v) is 2.52. The standard InChI is InChI=1S/C15H15NO4/c1-3-19-12-6-4-5-7-13(12)20-14-10-11(8-9-16-14)15(17)18-2/h4-10H,3H2,1-2H3. The smallest absolute Gasteiger partial charge is 0.338 e. The Morgan fingerprint density at radius 1 is 1.20 bits per heavy atom. The minimum Gasteiger partial charge on any atom is -0.490 e. The number of carbonyl (C=O) groups excluding carboxylic acids is 1. The molecule has 0 atom stereocenters. The van der Waals surface area contributed by atoms with E-state index in [0.717, 1.165) is 0 Å². The van der Waals surface area contributed by atoms with Gasteiger partial charge in [0, 0.05) is 12.3 Å².